The monoisotopic (exact) mass is 456 g/mol. The van der Waals surface area contributed by atoms with Crippen molar-refractivity contribution in [2.75, 3.05) is 5.32 Å². The summed E-state index contributed by atoms with van der Waals surface area (Å²) in [5, 5.41) is 11.4. The van der Waals surface area contributed by atoms with Crippen LogP contribution >= 0.6 is 11.8 Å². The number of nitrogens with one attached hydrogen (secondary N) is 1. The number of aromatic nitrogens is 3. The minimum atomic E-state index is -0.486. The van der Waals surface area contributed by atoms with Gasteiger partial charge in [0.1, 0.15) is 18.2 Å². The number of hydrogen-bond donors (Lipinski definition) is 1. The normalized spacial score (nSPS) is 12.1. The first-order valence-corrected chi connectivity index (χ1v) is 11.6. The molecule has 0 spiro atoms. The number of carbonyl (C=O) groups is 1. The van der Waals surface area contributed by atoms with Crippen molar-refractivity contribution in [1.29, 1.82) is 0 Å². The molecule has 3 rings (SSSR count). The zero-order chi connectivity index (χ0) is 23.1. The molecule has 0 radical (unpaired) electrons. The Hall–Kier alpha value is -2.87. The molecule has 0 saturated carbocycles. The summed E-state index contributed by atoms with van der Waals surface area (Å²) in [5.41, 5.74) is 1.42. The molecule has 3 aromatic rings. The number of carbonyl (C=O) groups excluding carboxylic acids is 1. The van der Waals surface area contributed by atoms with Crippen molar-refractivity contribution in [3.63, 3.8) is 0 Å². The smallest absolute Gasteiger partial charge is 0.237 e. The summed E-state index contributed by atoms with van der Waals surface area (Å²) in [6.45, 7) is 9.07. The fourth-order valence-corrected chi connectivity index (χ4v) is 3.92. The van der Waals surface area contributed by atoms with Crippen LogP contribution in [-0.4, -0.2) is 25.9 Å². The van der Waals surface area contributed by atoms with Gasteiger partial charge in [-0.1, -0.05) is 56.8 Å². The van der Waals surface area contributed by atoms with Gasteiger partial charge in [0.25, 0.3) is 0 Å². The second-order valence-corrected chi connectivity index (χ2v) is 9.23. The van der Waals surface area contributed by atoms with E-state index >= 15 is 0 Å². The van der Waals surface area contributed by atoms with Crippen molar-refractivity contribution < 1.29 is 13.9 Å². The van der Waals surface area contributed by atoms with Gasteiger partial charge >= 0.3 is 0 Å². The van der Waals surface area contributed by atoms with E-state index in [0.29, 0.717) is 23.4 Å². The van der Waals surface area contributed by atoms with Gasteiger partial charge in [-0.3, -0.25) is 4.79 Å². The summed E-state index contributed by atoms with van der Waals surface area (Å²) in [6, 6.07) is 14.1. The third-order valence-electron chi connectivity index (χ3n) is 4.82. The van der Waals surface area contributed by atoms with Crippen LogP contribution in [0.4, 0.5) is 10.1 Å². The van der Waals surface area contributed by atoms with Gasteiger partial charge in [-0.25, -0.2) is 4.39 Å². The molecule has 6 nitrogen and oxygen atoms in total. The molecule has 0 aliphatic carbocycles. The molecule has 1 heterocycles. The van der Waals surface area contributed by atoms with Crippen molar-refractivity contribution in [2.24, 2.45) is 5.92 Å². The Morgan fingerprint density at radius 1 is 1.12 bits per heavy atom. The number of aryl methyl sites for hydroxylation is 1. The molecular weight excluding hydrogens is 427 g/mol. The lowest BCUT2D eigenvalue weighted by molar-refractivity contribution is -0.115. The van der Waals surface area contributed by atoms with E-state index in [2.05, 4.69) is 36.3 Å². The zero-order valence-electron chi connectivity index (χ0n) is 18.8. The highest BCUT2D eigenvalue weighted by Gasteiger charge is 2.21. The molecule has 0 aliphatic rings. The number of amides is 1. The lowest BCUT2D eigenvalue weighted by atomic mass is 10.2. The van der Waals surface area contributed by atoms with E-state index in [1.165, 1.54) is 29.5 Å². The first-order valence-electron chi connectivity index (χ1n) is 10.7. The molecule has 2 aromatic carbocycles. The molecule has 1 amide bonds. The SMILES string of the molecule is CCc1ccc(OCc2nnc(SC(C)C(=O)Nc3ccccc3F)n2CC(C)C)cc1. The highest BCUT2D eigenvalue weighted by atomic mass is 32.2. The number of anilines is 1. The van der Waals surface area contributed by atoms with Gasteiger partial charge in [-0.15, -0.1) is 10.2 Å². The summed E-state index contributed by atoms with van der Waals surface area (Å²) < 4.78 is 21.8. The van der Waals surface area contributed by atoms with E-state index in [1.54, 1.807) is 19.1 Å². The molecule has 8 heteroatoms. The van der Waals surface area contributed by atoms with E-state index in [9.17, 15) is 9.18 Å². The van der Waals surface area contributed by atoms with Crippen LogP contribution in [0.25, 0.3) is 0 Å². The maximum atomic E-state index is 13.9. The van der Waals surface area contributed by atoms with Crippen molar-refractivity contribution in [3.05, 3.63) is 65.7 Å². The van der Waals surface area contributed by atoms with Crippen LogP contribution in [0.3, 0.4) is 0 Å². The zero-order valence-corrected chi connectivity index (χ0v) is 19.7. The minimum absolute atomic E-state index is 0.164. The van der Waals surface area contributed by atoms with E-state index in [1.807, 2.05) is 28.8 Å². The van der Waals surface area contributed by atoms with Crippen LogP contribution in [-0.2, 0) is 24.4 Å². The topological polar surface area (TPSA) is 69.0 Å². The molecule has 0 saturated heterocycles. The Bertz CT molecular complexity index is 1040. The predicted octanol–water partition coefficient (Wildman–Crippen LogP) is 5.33. The Labute approximate surface area is 192 Å². The van der Waals surface area contributed by atoms with Crippen LogP contribution in [0.2, 0.25) is 0 Å². The Morgan fingerprint density at radius 2 is 1.84 bits per heavy atom. The Morgan fingerprint density at radius 3 is 2.50 bits per heavy atom. The van der Waals surface area contributed by atoms with Crippen LogP contribution in [0.15, 0.2) is 53.7 Å². The summed E-state index contributed by atoms with van der Waals surface area (Å²) in [5.74, 6) is 1.06. The second kappa shape index (κ2) is 11.1. The standard InChI is InChI=1S/C24H29FN4O2S/c1-5-18-10-12-19(13-11-18)31-15-22-27-28-24(29(22)14-16(2)3)32-17(4)23(30)26-21-9-7-6-8-20(21)25/h6-13,16-17H,5,14-15H2,1-4H3,(H,26,30). The van der Waals surface area contributed by atoms with E-state index < -0.39 is 11.1 Å². The summed E-state index contributed by atoms with van der Waals surface area (Å²) in [6.07, 6.45) is 0.978. The number of hydrogen-bond acceptors (Lipinski definition) is 5. The molecule has 0 bridgehead atoms. The Balaban J connectivity index is 1.69. The van der Waals surface area contributed by atoms with Gasteiger partial charge in [0.2, 0.25) is 5.91 Å². The Kier molecular flexibility index (Phi) is 8.27. The van der Waals surface area contributed by atoms with Crippen molar-refractivity contribution in [1.82, 2.24) is 14.8 Å². The highest BCUT2D eigenvalue weighted by Crippen LogP contribution is 2.25. The van der Waals surface area contributed by atoms with Crippen molar-refractivity contribution in [2.45, 2.75) is 57.7 Å². The molecule has 1 aromatic heterocycles. The number of nitrogens with zero attached hydrogens (tertiary/aromatic N) is 3. The van der Waals surface area contributed by atoms with Crippen LogP contribution < -0.4 is 10.1 Å². The van der Waals surface area contributed by atoms with E-state index in [4.69, 9.17) is 4.74 Å². The summed E-state index contributed by atoms with van der Waals surface area (Å²) in [4.78, 5) is 12.6. The lowest BCUT2D eigenvalue weighted by Crippen LogP contribution is -2.23. The first kappa shape index (κ1) is 23.8. The quantitative estimate of drug-likeness (QED) is 0.418. The van der Waals surface area contributed by atoms with Gasteiger partial charge < -0.3 is 14.6 Å². The van der Waals surface area contributed by atoms with Crippen LogP contribution in [0.1, 0.15) is 39.1 Å². The van der Waals surface area contributed by atoms with E-state index in [-0.39, 0.29) is 18.2 Å². The molecule has 170 valence electrons. The lowest BCUT2D eigenvalue weighted by Gasteiger charge is -2.15. The number of halogens is 1. The number of benzene rings is 2. The highest BCUT2D eigenvalue weighted by molar-refractivity contribution is 8.00. The number of ether oxygens (including phenoxy) is 1. The molecule has 0 fully saturated rings. The summed E-state index contributed by atoms with van der Waals surface area (Å²) >= 11 is 1.29. The third-order valence-corrected chi connectivity index (χ3v) is 5.90. The summed E-state index contributed by atoms with van der Waals surface area (Å²) in [7, 11) is 0. The number of rotatable bonds is 10. The minimum Gasteiger partial charge on any atom is -0.486 e. The van der Waals surface area contributed by atoms with Gasteiger partial charge in [0.05, 0.1) is 10.9 Å². The first-order chi connectivity index (χ1) is 15.4. The fraction of sp³-hybridized carbons (Fsp3) is 0.375. The van der Waals surface area contributed by atoms with Crippen molar-refractivity contribution in [3.8, 4) is 5.75 Å². The molecule has 0 aliphatic heterocycles. The van der Waals surface area contributed by atoms with Crippen molar-refractivity contribution >= 4 is 23.4 Å². The molecular formula is C24H29FN4O2S. The van der Waals surface area contributed by atoms with Gasteiger partial charge in [0.15, 0.2) is 11.0 Å². The maximum absolute atomic E-state index is 13.9. The average Bonchev–Trinajstić information content (AvgIpc) is 3.14. The predicted molar refractivity (Wildman–Crippen MR) is 125 cm³/mol. The number of thioether (sulfide) groups is 1. The molecule has 1 unspecified atom stereocenters. The van der Waals surface area contributed by atoms with Gasteiger partial charge in [-0.05, 0) is 49.1 Å². The number of para-hydroxylation sites is 1. The maximum Gasteiger partial charge on any atom is 0.237 e. The van der Waals surface area contributed by atoms with E-state index in [0.717, 1.165) is 12.2 Å². The average molecular weight is 457 g/mol. The molecule has 32 heavy (non-hydrogen) atoms. The van der Waals surface area contributed by atoms with Crippen LogP contribution in [0.5, 0.6) is 5.75 Å². The van der Waals surface area contributed by atoms with Crippen LogP contribution in [0, 0.1) is 11.7 Å². The molecule has 1 atom stereocenters. The third kappa shape index (κ3) is 6.32. The second-order valence-electron chi connectivity index (χ2n) is 7.92. The van der Waals surface area contributed by atoms with Gasteiger partial charge in [0, 0.05) is 6.54 Å². The fourth-order valence-electron chi connectivity index (χ4n) is 3.04. The molecule has 1 N–H and O–H groups in total. The largest absolute Gasteiger partial charge is 0.486 e. The van der Waals surface area contributed by atoms with Gasteiger partial charge in [-0.2, -0.15) is 0 Å².